The molecule has 0 fully saturated rings. The molecule has 1 aromatic carbocycles. The molecule has 0 saturated carbocycles. The molecule has 0 heterocycles. The minimum absolute atomic E-state index is 0.621. The number of benzene rings is 1. The van der Waals surface area contributed by atoms with Gasteiger partial charge in [-0.05, 0) is 12.0 Å². The summed E-state index contributed by atoms with van der Waals surface area (Å²) >= 11 is -1.98. The first kappa shape index (κ1) is 10.3. The van der Waals surface area contributed by atoms with Crippen LogP contribution in [-0.2, 0) is 17.7 Å². The van der Waals surface area contributed by atoms with Gasteiger partial charge in [0, 0.05) is 6.54 Å². The molecule has 5 heteroatoms. The number of hydrogen-bond donors (Lipinski definition) is 3. The average Bonchev–Trinajstić information content (AvgIpc) is 2.14. The maximum atomic E-state index is 10.1. The average molecular weight is 200 g/mol. The molecular weight excluding hydrogens is 188 g/mol. The highest BCUT2D eigenvalue weighted by Gasteiger charge is 1.92. The van der Waals surface area contributed by atoms with Crippen molar-refractivity contribution in [2.45, 2.75) is 6.42 Å². The van der Waals surface area contributed by atoms with E-state index in [2.05, 4.69) is 10.3 Å². The lowest BCUT2D eigenvalue weighted by atomic mass is 10.2. The summed E-state index contributed by atoms with van der Waals surface area (Å²) in [4.78, 5) is 2.19. The van der Waals surface area contributed by atoms with E-state index in [1.165, 1.54) is 5.56 Å². The lowest BCUT2D eigenvalue weighted by Crippen LogP contribution is -2.34. The van der Waals surface area contributed by atoms with Crippen molar-refractivity contribution in [2.75, 3.05) is 6.54 Å². The Labute approximate surface area is 79.7 Å². The van der Waals surface area contributed by atoms with Crippen LogP contribution in [0.2, 0.25) is 0 Å². The Kier molecular flexibility index (Phi) is 4.63. The van der Waals surface area contributed by atoms with Gasteiger partial charge in [0.05, 0.1) is 0 Å². The monoisotopic (exact) mass is 200 g/mol. The van der Waals surface area contributed by atoms with Gasteiger partial charge in [-0.15, -0.1) is 0 Å². The third kappa shape index (κ3) is 4.74. The highest BCUT2D eigenvalue weighted by Crippen LogP contribution is 1.97. The van der Waals surface area contributed by atoms with Gasteiger partial charge in [-0.1, -0.05) is 30.3 Å². The van der Waals surface area contributed by atoms with E-state index in [9.17, 15) is 4.21 Å². The van der Waals surface area contributed by atoms with Crippen LogP contribution in [0.4, 0.5) is 0 Å². The number of nitrogens with one attached hydrogen (secondary N) is 2. The maximum Gasteiger partial charge on any atom is 0.245 e. The summed E-state index contributed by atoms with van der Waals surface area (Å²) in [6, 6.07) is 9.91. The van der Waals surface area contributed by atoms with Crippen LogP contribution in [0.3, 0.4) is 0 Å². The van der Waals surface area contributed by atoms with E-state index in [4.69, 9.17) is 4.55 Å². The predicted octanol–water partition coefficient (Wildman–Crippen LogP) is 0.460. The molecule has 1 unspecified atom stereocenters. The van der Waals surface area contributed by atoms with E-state index < -0.39 is 11.3 Å². The highest BCUT2D eigenvalue weighted by atomic mass is 32.2. The van der Waals surface area contributed by atoms with E-state index in [1.54, 1.807) is 0 Å². The smallest absolute Gasteiger partial charge is 0.245 e. The summed E-state index contributed by atoms with van der Waals surface area (Å²) < 4.78 is 18.5. The molecule has 1 rings (SSSR count). The third-order valence-corrected chi connectivity index (χ3v) is 1.86. The fourth-order valence-electron chi connectivity index (χ4n) is 0.964. The molecule has 0 aliphatic carbocycles. The molecule has 13 heavy (non-hydrogen) atoms. The van der Waals surface area contributed by atoms with Crippen molar-refractivity contribution in [2.24, 2.45) is 0 Å². The molecule has 0 bridgehead atoms. The van der Waals surface area contributed by atoms with Crippen LogP contribution in [0.15, 0.2) is 30.3 Å². The Morgan fingerprint density at radius 1 is 1.31 bits per heavy atom. The molecule has 0 aliphatic heterocycles. The van der Waals surface area contributed by atoms with Crippen LogP contribution in [0.5, 0.6) is 0 Å². The zero-order chi connectivity index (χ0) is 9.52. The van der Waals surface area contributed by atoms with Gasteiger partial charge < -0.3 is 0 Å². The molecule has 1 atom stereocenters. The number of hydrogen-bond acceptors (Lipinski definition) is 2. The Hall–Kier alpha value is -0.750. The summed E-state index contributed by atoms with van der Waals surface area (Å²) in [7, 11) is 0. The zero-order valence-corrected chi connectivity index (χ0v) is 7.88. The van der Waals surface area contributed by atoms with E-state index >= 15 is 0 Å². The molecule has 0 saturated heterocycles. The second kappa shape index (κ2) is 5.82. The minimum Gasteiger partial charge on any atom is -0.293 e. The number of hydrazine groups is 1. The van der Waals surface area contributed by atoms with E-state index in [0.717, 1.165) is 6.42 Å². The molecule has 0 radical (unpaired) electrons. The molecule has 0 amide bonds. The number of rotatable bonds is 5. The molecule has 0 spiro atoms. The molecule has 72 valence electrons. The van der Waals surface area contributed by atoms with Gasteiger partial charge in [0.15, 0.2) is 0 Å². The summed E-state index contributed by atoms with van der Waals surface area (Å²) in [5, 5.41) is 0. The van der Waals surface area contributed by atoms with Gasteiger partial charge in [-0.25, -0.2) is 9.63 Å². The fourth-order valence-corrected chi connectivity index (χ4v) is 1.19. The molecule has 4 nitrogen and oxygen atoms in total. The predicted molar refractivity (Wildman–Crippen MR) is 52.1 cm³/mol. The lowest BCUT2D eigenvalue weighted by Gasteiger charge is -2.02. The molecule has 0 aliphatic rings. The van der Waals surface area contributed by atoms with Crippen molar-refractivity contribution < 1.29 is 8.76 Å². The first-order valence-corrected chi connectivity index (χ1v) is 5.03. The highest BCUT2D eigenvalue weighted by molar-refractivity contribution is 7.77. The molecular formula is C8H12N2O2S. The van der Waals surface area contributed by atoms with Crippen molar-refractivity contribution >= 4 is 11.3 Å². The second-order valence-electron chi connectivity index (χ2n) is 2.51. The van der Waals surface area contributed by atoms with Crippen molar-refractivity contribution in [3.63, 3.8) is 0 Å². The second-order valence-corrected chi connectivity index (χ2v) is 3.22. The Balaban J connectivity index is 2.17. The Morgan fingerprint density at radius 2 is 2.00 bits per heavy atom. The normalized spacial score (nSPS) is 12.7. The van der Waals surface area contributed by atoms with E-state index in [1.807, 2.05) is 30.3 Å². The molecule has 0 aromatic heterocycles. The van der Waals surface area contributed by atoms with Gasteiger partial charge in [0.2, 0.25) is 11.3 Å². The van der Waals surface area contributed by atoms with Gasteiger partial charge in [0.1, 0.15) is 0 Å². The van der Waals surface area contributed by atoms with Gasteiger partial charge in [0.25, 0.3) is 0 Å². The largest absolute Gasteiger partial charge is 0.293 e. The fraction of sp³-hybridized carbons (Fsp3) is 0.250. The van der Waals surface area contributed by atoms with Crippen LogP contribution in [0.1, 0.15) is 5.56 Å². The van der Waals surface area contributed by atoms with Crippen molar-refractivity contribution in [3.05, 3.63) is 35.9 Å². The molecule has 3 N–H and O–H groups in total. The third-order valence-electron chi connectivity index (χ3n) is 1.54. The summed E-state index contributed by atoms with van der Waals surface area (Å²) in [5.41, 5.74) is 3.83. The van der Waals surface area contributed by atoms with Crippen LogP contribution in [0, 0.1) is 0 Å². The van der Waals surface area contributed by atoms with Crippen LogP contribution in [-0.4, -0.2) is 15.3 Å². The SMILES string of the molecule is O=S(O)NNCCc1ccccc1. The standard InChI is InChI=1S/C8H12N2O2S/c11-13(12)10-9-7-6-8-4-2-1-3-5-8/h1-5,9-10H,6-7H2,(H,11,12). The Bertz CT molecular complexity index is 266. The summed E-state index contributed by atoms with van der Waals surface area (Å²) in [6.45, 7) is 0.621. The van der Waals surface area contributed by atoms with Crippen LogP contribution in [0.25, 0.3) is 0 Å². The first-order valence-electron chi connectivity index (χ1n) is 3.92. The minimum atomic E-state index is -1.98. The van der Waals surface area contributed by atoms with Gasteiger partial charge >= 0.3 is 0 Å². The van der Waals surface area contributed by atoms with Gasteiger partial charge in [-0.3, -0.25) is 4.55 Å². The van der Waals surface area contributed by atoms with Crippen LogP contribution >= 0.6 is 0 Å². The van der Waals surface area contributed by atoms with Gasteiger partial charge in [-0.2, -0.15) is 4.83 Å². The molecule has 1 aromatic rings. The van der Waals surface area contributed by atoms with E-state index in [-0.39, 0.29) is 0 Å². The van der Waals surface area contributed by atoms with Crippen molar-refractivity contribution in [3.8, 4) is 0 Å². The maximum absolute atomic E-state index is 10.1. The van der Waals surface area contributed by atoms with Crippen molar-refractivity contribution in [1.82, 2.24) is 10.3 Å². The Morgan fingerprint density at radius 3 is 2.62 bits per heavy atom. The summed E-state index contributed by atoms with van der Waals surface area (Å²) in [6.07, 6.45) is 0.824. The lowest BCUT2D eigenvalue weighted by molar-refractivity contribution is 0.526. The quantitative estimate of drug-likeness (QED) is 0.367. The van der Waals surface area contributed by atoms with Crippen LogP contribution < -0.4 is 10.3 Å². The van der Waals surface area contributed by atoms with E-state index in [0.29, 0.717) is 6.54 Å². The topological polar surface area (TPSA) is 61.4 Å². The van der Waals surface area contributed by atoms with Crippen molar-refractivity contribution in [1.29, 1.82) is 0 Å². The summed E-state index contributed by atoms with van der Waals surface area (Å²) in [5.74, 6) is 0. The zero-order valence-electron chi connectivity index (χ0n) is 7.06. The first-order chi connectivity index (χ1) is 6.29.